The Morgan fingerprint density at radius 3 is 2.24 bits per heavy atom. The summed E-state index contributed by atoms with van der Waals surface area (Å²) in [6, 6.07) is 9.26. The molecule has 1 aromatic rings. The van der Waals surface area contributed by atoms with Crippen LogP contribution in [-0.2, 0) is 0 Å². The lowest BCUT2D eigenvalue weighted by Crippen LogP contribution is -2.12. The molecule has 2 N–H and O–H groups in total. The largest absolute Gasteiger partial charge is 0.324 e. The Labute approximate surface area is 105 Å². The monoisotopic (exact) mass is 231 g/mol. The van der Waals surface area contributed by atoms with Crippen LogP contribution < -0.4 is 5.73 Å². The molecule has 1 atom stereocenters. The summed E-state index contributed by atoms with van der Waals surface area (Å²) in [6.45, 7) is 4.51. The molecule has 0 aromatic heterocycles. The fourth-order valence-corrected chi connectivity index (χ4v) is 2.44. The standard InChI is InChI=1S/C16H25N/c1-12(2)6-11-16(17)15-9-7-14(8-10-15)13-4-3-5-13/h7-10,12-13,16H,3-6,11,17H2,1-2H3. The maximum Gasteiger partial charge on any atom is 0.0294 e. The highest BCUT2D eigenvalue weighted by molar-refractivity contribution is 5.28. The maximum atomic E-state index is 6.22. The van der Waals surface area contributed by atoms with E-state index in [1.54, 1.807) is 0 Å². The third-order valence-corrected chi connectivity index (χ3v) is 4.00. The fourth-order valence-electron chi connectivity index (χ4n) is 2.44. The van der Waals surface area contributed by atoms with Crippen LogP contribution in [0, 0.1) is 5.92 Å². The summed E-state index contributed by atoms with van der Waals surface area (Å²) in [5, 5.41) is 0. The van der Waals surface area contributed by atoms with Crippen molar-refractivity contribution in [2.45, 2.75) is 57.9 Å². The SMILES string of the molecule is CC(C)CCC(N)c1ccc(C2CCC2)cc1. The van der Waals surface area contributed by atoms with Gasteiger partial charge in [0.05, 0.1) is 0 Å². The van der Waals surface area contributed by atoms with Gasteiger partial charge in [-0.15, -0.1) is 0 Å². The van der Waals surface area contributed by atoms with Gasteiger partial charge in [0.2, 0.25) is 0 Å². The first-order chi connectivity index (χ1) is 8.16. The number of hydrogen-bond acceptors (Lipinski definition) is 1. The Balaban J connectivity index is 1.92. The second-order valence-electron chi connectivity index (χ2n) is 5.87. The average molecular weight is 231 g/mol. The van der Waals surface area contributed by atoms with E-state index in [1.807, 2.05) is 0 Å². The Bertz CT molecular complexity index is 335. The molecular weight excluding hydrogens is 206 g/mol. The molecule has 2 rings (SSSR count). The molecule has 1 saturated carbocycles. The molecule has 1 aliphatic carbocycles. The van der Waals surface area contributed by atoms with Gasteiger partial charge in [0, 0.05) is 6.04 Å². The first-order valence-corrected chi connectivity index (χ1v) is 7.02. The van der Waals surface area contributed by atoms with Crippen molar-refractivity contribution in [3.8, 4) is 0 Å². The second kappa shape index (κ2) is 5.68. The van der Waals surface area contributed by atoms with Crippen LogP contribution in [-0.4, -0.2) is 0 Å². The third kappa shape index (κ3) is 3.32. The molecule has 1 aromatic carbocycles. The highest BCUT2D eigenvalue weighted by atomic mass is 14.6. The topological polar surface area (TPSA) is 26.0 Å². The minimum atomic E-state index is 0.216. The molecule has 0 heterocycles. The Morgan fingerprint density at radius 1 is 1.12 bits per heavy atom. The molecular formula is C16H25N. The molecule has 0 spiro atoms. The van der Waals surface area contributed by atoms with E-state index in [0.29, 0.717) is 0 Å². The van der Waals surface area contributed by atoms with Gasteiger partial charge in [-0.05, 0) is 48.6 Å². The van der Waals surface area contributed by atoms with Gasteiger partial charge >= 0.3 is 0 Å². The Kier molecular flexibility index (Phi) is 4.22. The normalized spacial score (nSPS) is 18.1. The zero-order valence-corrected chi connectivity index (χ0v) is 11.2. The van der Waals surface area contributed by atoms with Crippen molar-refractivity contribution < 1.29 is 0 Å². The minimum absolute atomic E-state index is 0.216. The van der Waals surface area contributed by atoms with Crippen molar-refractivity contribution in [3.63, 3.8) is 0 Å². The molecule has 0 bridgehead atoms. The van der Waals surface area contributed by atoms with E-state index in [1.165, 1.54) is 36.8 Å². The molecule has 0 aliphatic heterocycles. The average Bonchev–Trinajstić information content (AvgIpc) is 2.24. The van der Waals surface area contributed by atoms with E-state index in [4.69, 9.17) is 5.73 Å². The summed E-state index contributed by atoms with van der Waals surface area (Å²) in [4.78, 5) is 0. The van der Waals surface area contributed by atoms with Crippen molar-refractivity contribution in [1.82, 2.24) is 0 Å². The lowest BCUT2D eigenvalue weighted by molar-refractivity contribution is 0.419. The van der Waals surface area contributed by atoms with Crippen LogP contribution in [0.4, 0.5) is 0 Å². The predicted octanol–water partition coefficient (Wildman–Crippen LogP) is 4.39. The maximum absolute atomic E-state index is 6.22. The molecule has 1 unspecified atom stereocenters. The van der Waals surface area contributed by atoms with Gasteiger partial charge in [-0.25, -0.2) is 0 Å². The van der Waals surface area contributed by atoms with E-state index < -0.39 is 0 Å². The van der Waals surface area contributed by atoms with Crippen molar-refractivity contribution in [3.05, 3.63) is 35.4 Å². The summed E-state index contributed by atoms with van der Waals surface area (Å²) in [6.07, 6.45) is 6.46. The summed E-state index contributed by atoms with van der Waals surface area (Å²) in [7, 11) is 0. The molecule has 17 heavy (non-hydrogen) atoms. The highest BCUT2D eigenvalue weighted by Crippen LogP contribution is 2.36. The van der Waals surface area contributed by atoms with Crippen molar-refractivity contribution in [1.29, 1.82) is 0 Å². The van der Waals surface area contributed by atoms with Gasteiger partial charge in [-0.1, -0.05) is 44.5 Å². The predicted molar refractivity (Wildman–Crippen MR) is 74.0 cm³/mol. The Hall–Kier alpha value is -0.820. The lowest BCUT2D eigenvalue weighted by Gasteiger charge is -2.26. The number of nitrogens with two attached hydrogens (primary N) is 1. The number of benzene rings is 1. The first-order valence-electron chi connectivity index (χ1n) is 7.02. The quantitative estimate of drug-likeness (QED) is 0.799. The van der Waals surface area contributed by atoms with Crippen molar-refractivity contribution >= 4 is 0 Å². The second-order valence-corrected chi connectivity index (χ2v) is 5.87. The highest BCUT2D eigenvalue weighted by Gasteiger charge is 2.19. The van der Waals surface area contributed by atoms with E-state index in [0.717, 1.165) is 18.3 Å². The summed E-state index contributed by atoms with van der Waals surface area (Å²) >= 11 is 0. The molecule has 0 amide bonds. The summed E-state index contributed by atoms with van der Waals surface area (Å²) in [5.41, 5.74) is 9.03. The molecule has 94 valence electrons. The van der Waals surface area contributed by atoms with Crippen LogP contribution in [0.5, 0.6) is 0 Å². The molecule has 1 heteroatoms. The lowest BCUT2D eigenvalue weighted by atomic mass is 9.80. The Morgan fingerprint density at radius 2 is 1.76 bits per heavy atom. The van der Waals surface area contributed by atoms with Gasteiger partial charge in [0.15, 0.2) is 0 Å². The number of rotatable bonds is 5. The van der Waals surface area contributed by atoms with E-state index in [9.17, 15) is 0 Å². The number of hydrogen-bond donors (Lipinski definition) is 1. The smallest absolute Gasteiger partial charge is 0.0294 e. The minimum Gasteiger partial charge on any atom is -0.324 e. The van der Waals surface area contributed by atoms with Gasteiger partial charge in [0.1, 0.15) is 0 Å². The van der Waals surface area contributed by atoms with Crippen LogP contribution in [0.25, 0.3) is 0 Å². The van der Waals surface area contributed by atoms with Crippen molar-refractivity contribution in [2.75, 3.05) is 0 Å². The van der Waals surface area contributed by atoms with E-state index >= 15 is 0 Å². The third-order valence-electron chi connectivity index (χ3n) is 4.00. The van der Waals surface area contributed by atoms with Crippen LogP contribution in [0.15, 0.2) is 24.3 Å². The van der Waals surface area contributed by atoms with E-state index in [-0.39, 0.29) is 6.04 Å². The van der Waals surface area contributed by atoms with Gasteiger partial charge in [0.25, 0.3) is 0 Å². The van der Waals surface area contributed by atoms with Crippen LogP contribution in [0.3, 0.4) is 0 Å². The van der Waals surface area contributed by atoms with Gasteiger partial charge in [-0.3, -0.25) is 0 Å². The molecule has 1 aliphatic rings. The molecule has 0 radical (unpaired) electrons. The zero-order chi connectivity index (χ0) is 12.3. The fraction of sp³-hybridized carbons (Fsp3) is 0.625. The van der Waals surface area contributed by atoms with E-state index in [2.05, 4.69) is 38.1 Å². The molecule has 0 saturated heterocycles. The van der Waals surface area contributed by atoms with Crippen LogP contribution in [0.1, 0.15) is 69.0 Å². The first kappa shape index (κ1) is 12.6. The zero-order valence-electron chi connectivity index (χ0n) is 11.2. The van der Waals surface area contributed by atoms with Crippen LogP contribution >= 0.6 is 0 Å². The summed E-state index contributed by atoms with van der Waals surface area (Å²) in [5.74, 6) is 1.58. The summed E-state index contributed by atoms with van der Waals surface area (Å²) < 4.78 is 0. The van der Waals surface area contributed by atoms with Gasteiger partial charge < -0.3 is 5.73 Å². The van der Waals surface area contributed by atoms with Crippen LogP contribution in [0.2, 0.25) is 0 Å². The van der Waals surface area contributed by atoms with Crippen molar-refractivity contribution in [2.24, 2.45) is 11.7 Å². The molecule has 1 nitrogen and oxygen atoms in total. The molecule has 1 fully saturated rings. The van der Waals surface area contributed by atoms with Gasteiger partial charge in [-0.2, -0.15) is 0 Å².